The lowest BCUT2D eigenvalue weighted by Gasteiger charge is -2.20. The Morgan fingerprint density at radius 1 is 1.00 bits per heavy atom. The quantitative estimate of drug-likeness (QED) is 0.199. The lowest BCUT2D eigenvalue weighted by molar-refractivity contribution is -0.113. The van der Waals surface area contributed by atoms with E-state index in [-0.39, 0.29) is 26.7 Å². The van der Waals surface area contributed by atoms with E-state index in [2.05, 4.69) is 11.4 Å². The summed E-state index contributed by atoms with van der Waals surface area (Å²) in [5.74, 6) is 0.101. The number of hydrogen-bond donors (Lipinski definition) is 1. The van der Waals surface area contributed by atoms with E-state index in [1.165, 1.54) is 9.58 Å². The Morgan fingerprint density at radius 3 is 2.30 bits per heavy atom. The van der Waals surface area contributed by atoms with E-state index in [0.717, 1.165) is 17.3 Å². The SMILES string of the molecule is CCCn1c(NCCc2ccccc2)c(/C=C2/SC(=S)N(c3c(C)n(C)n(-c4ccccc4)c3=O)C2=O)c(C)c(C#N)c1=O. The van der Waals surface area contributed by atoms with Crippen LogP contribution in [0.5, 0.6) is 0 Å². The highest BCUT2D eigenvalue weighted by Crippen LogP contribution is 2.38. The summed E-state index contributed by atoms with van der Waals surface area (Å²) in [5.41, 5.74) is 2.90. The molecule has 44 heavy (non-hydrogen) atoms. The highest BCUT2D eigenvalue weighted by Gasteiger charge is 2.38. The van der Waals surface area contributed by atoms with Crippen LogP contribution >= 0.6 is 24.0 Å². The second-order valence-corrected chi connectivity index (χ2v) is 12.1. The Balaban J connectivity index is 1.59. The molecule has 2 aromatic carbocycles. The van der Waals surface area contributed by atoms with Crippen molar-refractivity contribution in [2.75, 3.05) is 16.8 Å². The molecular weight excluding hydrogens is 593 g/mol. The number of pyridine rings is 1. The summed E-state index contributed by atoms with van der Waals surface area (Å²) in [6.45, 7) is 6.37. The number of rotatable bonds is 9. The number of para-hydroxylation sites is 1. The number of hydrogen-bond acceptors (Lipinski definition) is 7. The van der Waals surface area contributed by atoms with Crippen LogP contribution in [0.25, 0.3) is 11.8 Å². The van der Waals surface area contributed by atoms with Gasteiger partial charge in [-0.2, -0.15) is 5.26 Å². The zero-order valence-electron chi connectivity index (χ0n) is 25.0. The zero-order chi connectivity index (χ0) is 31.5. The van der Waals surface area contributed by atoms with Crippen LogP contribution in [0.2, 0.25) is 0 Å². The van der Waals surface area contributed by atoms with Gasteiger partial charge in [-0.3, -0.25) is 28.5 Å². The van der Waals surface area contributed by atoms with Crippen LogP contribution in [0.3, 0.4) is 0 Å². The van der Waals surface area contributed by atoms with Crippen molar-refractivity contribution in [3.63, 3.8) is 0 Å². The number of carbonyl (C=O) groups excluding carboxylic acids is 1. The van der Waals surface area contributed by atoms with Gasteiger partial charge in [-0.1, -0.05) is 79.4 Å². The number of nitriles is 1. The molecule has 1 aliphatic heterocycles. The van der Waals surface area contributed by atoms with Crippen molar-refractivity contribution in [2.45, 2.75) is 40.2 Å². The van der Waals surface area contributed by atoms with Gasteiger partial charge in [-0.15, -0.1) is 0 Å². The normalized spacial score (nSPS) is 14.0. The van der Waals surface area contributed by atoms with E-state index in [9.17, 15) is 19.6 Å². The summed E-state index contributed by atoms with van der Waals surface area (Å²) >= 11 is 6.74. The summed E-state index contributed by atoms with van der Waals surface area (Å²) in [6.07, 6.45) is 3.06. The first-order valence-electron chi connectivity index (χ1n) is 14.3. The Morgan fingerprint density at radius 2 is 1.66 bits per heavy atom. The molecule has 3 heterocycles. The van der Waals surface area contributed by atoms with Crippen LogP contribution in [0, 0.1) is 25.2 Å². The summed E-state index contributed by atoms with van der Waals surface area (Å²) in [7, 11) is 1.76. The molecule has 0 atom stereocenters. The van der Waals surface area contributed by atoms with E-state index in [0.29, 0.717) is 59.2 Å². The molecule has 0 aliphatic carbocycles. The van der Waals surface area contributed by atoms with Crippen molar-refractivity contribution in [1.29, 1.82) is 5.26 Å². The molecule has 0 radical (unpaired) electrons. The minimum Gasteiger partial charge on any atom is -0.371 e. The number of aromatic nitrogens is 3. The first-order valence-corrected chi connectivity index (χ1v) is 15.5. The van der Waals surface area contributed by atoms with Crippen molar-refractivity contribution < 1.29 is 4.79 Å². The van der Waals surface area contributed by atoms with Gasteiger partial charge >= 0.3 is 0 Å². The molecule has 0 spiro atoms. The van der Waals surface area contributed by atoms with Crippen LogP contribution in [0.4, 0.5) is 11.5 Å². The minimum absolute atomic E-state index is 0.0263. The van der Waals surface area contributed by atoms with E-state index < -0.39 is 5.91 Å². The molecule has 1 N–H and O–H groups in total. The van der Waals surface area contributed by atoms with Crippen LogP contribution < -0.4 is 21.3 Å². The number of thioether (sulfide) groups is 1. The first kappa shape index (κ1) is 30.8. The van der Waals surface area contributed by atoms with Crippen molar-refractivity contribution in [3.05, 3.63) is 114 Å². The second-order valence-electron chi connectivity index (χ2n) is 10.4. The monoisotopic (exact) mass is 624 g/mol. The van der Waals surface area contributed by atoms with Gasteiger partial charge in [0.1, 0.15) is 23.1 Å². The summed E-state index contributed by atoms with van der Waals surface area (Å²) in [6, 6.07) is 21.2. The molecule has 1 fully saturated rings. The molecule has 2 aromatic heterocycles. The Kier molecular flexibility index (Phi) is 9.04. The molecule has 11 heteroatoms. The fourth-order valence-electron chi connectivity index (χ4n) is 5.36. The maximum Gasteiger partial charge on any atom is 0.296 e. The molecule has 4 aromatic rings. The fraction of sp³-hybridized carbons (Fsp3) is 0.242. The minimum atomic E-state index is -0.438. The predicted octanol–water partition coefficient (Wildman–Crippen LogP) is 5.30. The van der Waals surface area contributed by atoms with Gasteiger partial charge in [-0.25, -0.2) is 4.68 Å². The number of amides is 1. The van der Waals surface area contributed by atoms with Gasteiger partial charge in [0.2, 0.25) is 0 Å². The summed E-state index contributed by atoms with van der Waals surface area (Å²) < 4.78 is 5.01. The molecule has 9 nitrogen and oxygen atoms in total. The van der Waals surface area contributed by atoms with E-state index in [1.54, 1.807) is 36.2 Å². The number of carbonyl (C=O) groups is 1. The third kappa shape index (κ3) is 5.54. The lowest BCUT2D eigenvalue weighted by atomic mass is 10.0. The lowest BCUT2D eigenvalue weighted by Crippen LogP contribution is -2.33. The standard InChI is InChI=1S/C33H32N6O3S2/c1-5-18-37-29(35-17-16-23-12-8-6-9-13-23)25(21(2)26(20-34)30(37)40)19-27-31(41)38(33(43)44-27)28-22(3)36(4)39(32(28)42)24-14-10-7-11-15-24/h6-15,19,35H,5,16-18H2,1-4H3/b27-19+. The zero-order valence-corrected chi connectivity index (χ0v) is 26.6. The molecule has 0 bridgehead atoms. The molecular formula is C33H32N6O3S2. The molecule has 1 amide bonds. The van der Waals surface area contributed by atoms with Crippen molar-refractivity contribution in [3.8, 4) is 11.8 Å². The van der Waals surface area contributed by atoms with Crippen LogP contribution in [-0.4, -0.2) is 30.7 Å². The third-order valence-corrected chi connectivity index (χ3v) is 8.99. The number of anilines is 2. The number of nitrogens with one attached hydrogen (secondary N) is 1. The largest absolute Gasteiger partial charge is 0.371 e. The topological polar surface area (TPSA) is 105 Å². The average molecular weight is 625 g/mol. The Hall–Kier alpha value is -4.66. The van der Waals surface area contributed by atoms with E-state index >= 15 is 0 Å². The van der Waals surface area contributed by atoms with E-state index in [4.69, 9.17) is 12.2 Å². The maximum atomic E-state index is 14.0. The highest BCUT2D eigenvalue weighted by molar-refractivity contribution is 8.27. The van der Waals surface area contributed by atoms with Gasteiger partial charge in [-0.05, 0) is 56.0 Å². The second kappa shape index (κ2) is 12.9. The smallest absolute Gasteiger partial charge is 0.296 e. The summed E-state index contributed by atoms with van der Waals surface area (Å²) in [4.78, 5) is 42.6. The molecule has 0 saturated carbocycles. The third-order valence-electron chi connectivity index (χ3n) is 7.69. The summed E-state index contributed by atoms with van der Waals surface area (Å²) in [5, 5.41) is 13.3. The molecule has 224 valence electrons. The number of thiocarbonyl (C=S) groups is 1. The Labute approximate surface area is 265 Å². The molecule has 1 aliphatic rings. The van der Waals surface area contributed by atoms with Crippen molar-refractivity contribution >= 4 is 51.8 Å². The number of nitrogens with zero attached hydrogens (tertiary/aromatic N) is 5. The van der Waals surface area contributed by atoms with Gasteiger partial charge in [0.25, 0.3) is 17.0 Å². The van der Waals surface area contributed by atoms with E-state index in [1.807, 2.05) is 67.6 Å². The number of benzene rings is 2. The van der Waals surface area contributed by atoms with Crippen LogP contribution in [-0.2, 0) is 24.8 Å². The van der Waals surface area contributed by atoms with Gasteiger partial charge in [0, 0.05) is 25.7 Å². The van der Waals surface area contributed by atoms with Gasteiger partial charge in [0.15, 0.2) is 4.32 Å². The maximum absolute atomic E-state index is 14.0. The highest BCUT2D eigenvalue weighted by atomic mass is 32.2. The predicted molar refractivity (Wildman–Crippen MR) is 180 cm³/mol. The molecule has 0 unspecified atom stereocenters. The molecule has 1 saturated heterocycles. The van der Waals surface area contributed by atoms with Crippen molar-refractivity contribution in [1.82, 2.24) is 13.9 Å². The van der Waals surface area contributed by atoms with Gasteiger partial charge < -0.3 is 5.32 Å². The van der Waals surface area contributed by atoms with Gasteiger partial charge in [0.05, 0.1) is 16.3 Å². The average Bonchev–Trinajstić information content (AvgIpc) is 3.41. The Bertz CT molecular complexity index is 1950. The van der Waals surface area contributed by atoms with Crippen LogP contribution in [0.15, 0.2) is 75.2 Å². The molecule has 5 rings (SSSR count). The van der Waals surface area contributed by atoms with Crippen LogP contribution in [0.1, 0.15) is 41.3 Å². The fourth-order valence-corrected chi connectivity index (χ4v) is 6.62. The van der Waals surface area contributed by atoms with Crippen molar-refractivity contribution in [2.24, 2.45) is 7.05 Å². The first-order chi connectivity index (χ1) is 21.2.